The summed E-state index contributed by atoms with van der Waals surface area (Å²) in [5.74, 6) is -1.11. The van der Waals surface area contributed by atoms with Crippen LogP contribution in [0.15, 0.2) is 60.7 Å². The second-order valence-corrected chi connectivity index (χ2v) is 4.79. The van der Waals surface area contributed by atoms with Crippen LogP contribution in [0.25, 0.3) is 16.8 Å². The topological polar surface area (TPSA) is 55.1 Å². The summed E-state index contributed by atoms with van der Waals surface area (Å²) in [6, 6.07) is 18.3. The first-order chi connectivity index (χ1) is 10.2. The quantitative estimate of drug-likeness (QED) is 0.798. The van der Waals surface area contributed by atoms with Crippen LogP contribution in [0.3, 0.4) is 0 Å². The predicted octanol–water partition coefficient (Wildman–Crippen LogP) is 3.89. The Morgan fingerprint density at radius 1 is 1.00 bits per heavy atom. The number of rotatable bonds is 3. The number of para-hydroxylation sites is 1. The summed E-state index contributed by atoms with van der Waals surface area (Å²) in [5.41, 5.74) is 1.80. The lowest BCUT2D eigenvalue weighted by Gasteiger charge is -2.03. The van der Waals surface area contributed by atoms with Crippen molar-refractivity contribution in [2.45, 2.75) is 0 Å². The molecule has 21 heavy (non-hydrogen) atoms. The molecule has 104 valence electrons. The first-order valence-electron chi connectivity index (χ1n) is 6.31. The summed E-state index contributed by atoms with van der Waals surface area (Å²) in [4.78, 5) is 11.5. The van der Waals surface area contributed by atoms with Gasteiger partial charge in [-0.3, -0.25) is 0 Å². The Kier molecular flexibility index (Phi) is 3.46. The summed E-state index contributed by atoms with van der Waals surface area (Å²) in [6.45, 7) is 0. The minimum atomic E-state index is -1.11. The molecule has 0 unspecified atom stereocenters. The van der Waals surface area contributed by atoms with Crippen molar-refractivity contribution in [3.8, 4) is 16.8 Å². The fourth-order valence-corrected chi connectivity index (χ4v) is 2.48. The summed E-state index contributed by atoms with van der Waals surface area (Å²) in [6.07, 6.45) is 0. The van der Waals surface area contributed by atoms with Gasteiger partial charge in [-0.25, -0.2) is 9.48 Å². The molecule has 0 radical (unpaired) electrons. The van der Waals surface area contributed by atoms with Crippen LogP contribution >= 0.6 is 11.6 Å². The van der Waals surface area contributed by atoms with Crippen LogP contribution in [0, 0.1) is 0 Å². The maximum atomic E-state index is 11.5. The number of hydrogen-bond donors (Lipinski definition) is 1. The smallest absolute Gasteiger partial charge is 0.357 e. The lowest BCUT2D eigenvalue weighted by Crippen LogP contribution is -2.01. The number of carbonyl (C=O) groups is 1. The van der Waals surface area contributed by atoms with Crippen LogP contribution in [0.4, 0.5) is 0 Å². The second-order valence-electron chi connectivity index (χ2n) is 4.43. The normalized spacial score (nSPS) is 10.5. The fourth-order valence-electron chi connectivity index (χ4n) is 2.15. The molecule has 0 atom stereocenters. The van der Waals surface area contributed by atoms with Gasteiger partial charge >= 0.3 is 5.97 Å². The van der Waals surface area contributed by atoms with Crippen LogP contribution < -0.4 is 0 Å². The van der Waals surface area contributed by atoms with E-state index in [-0.39, 0.29) is 10.8 Å². The molecule has 0 fully saturated rings. The second kappa shape index (κ2) is 5.42. The molecule has 0 amide bonds. The molecule has 5 heteroatoms. The van der Waals surface area contributed by atoms with E-state index in [9.17, 15) is 9.90 Å². The average Bonchev–Trinajstić information content (AvgIpc) is 2.87. The molecule has 0 spiro atoms. The highest BCUT2D eigenvalue weighted by Crippen LogP contribution is 2.33. The molecule has 0 bridgehead atoms. The van der Waals surface area contributed by atoms with E-state index < -0.39 is 5.97 Å². The maximum Gasteiger partial charge on any atom is 0.357 e. The molecule has 0 saturated carbocycles. The lowest BCUT2D eigenvalue weighted by molar-refractivity contribution is 0.0691. The van der Waals surface area contributed by atoms with E-state index in [0.29, 0.717) is 11.3 Å². The number of carboxylic acids is 1. The third kappa shape index (κ3) is 2.41. The van der Waals surface area contributed by atoms with E-state index in [1.807, 2.05) is 60.7 Å². The van der Waals surface area contributed by atoms with Gasteiger partial charge in [0.25, 0.3) is 0 Å². The number of carboxylic acid groups (broad SMARTS) is 1. The van der Waals surface area contributed by atoms with E-state index in [0.717, 1.165) is 5.56 Å². The molecule has 0 aliphatic carbocycles. The molecule has 0 saturated heterocycles. The van der Waals surface area contributed by atoms with Crippen molar-refractivity contribution in [1.82, 2.24) is 9.78 Å². The first-order valence-corrected chi connectivity index (χ1v) is 6.69. The Morgan fingerprint density at radius 3 is 2.14 bits per heavy atom. The number of nitrogens with zero attached hydrogens (tertiary/aromatic N) is 2. The number of hydrogen-bond acceptors (Lipinski definition) is 2. The maximum absolute atomic E-state index is 11.5. The Bertz CT molecular complexity index is 783. The average molecular weight is 299 g/mol. The van der Waals surface area contributed by atoms with E-state index in [4.69, 9.17) is 11.6 Å². The SMILES string of the molecule is O=C(O)c1nn(-c2ccccc2)c(Cl)c1-c1ccccc1. The van der Waals surface area contributed by atoms with Crippen molar-refractivity contribution >= 4 is 17.6 Å². The summed E-state index contributed by atoms with van der Waals surface area (Å²) < 4.78 is 1.44. The van der Waals surface area contributed by atoms with Crippen molar-refractivity contribution < 1.29 is 9.90 Å². The van der Waals surface area contributed by atoms with Gasteiger partial charge in [0, 0.05) is 0 Å². The molecular formula is C16H11ClN2O2. The highest BCUT2D eigenvalue weighted by molar-refractivity contribution is 6.33. The van der Waals surface area contributed by atoms with Crippen LogP contribution in [0.2, 0.25) is 5.15 Å². The van der Waals surface area contributed by atoms with E-state index in [2.05, 4.69) is 5.10 Å². The van der Waals surface area contributed by atoms with Crippen LogP contribution in [-0.2, 0) is 0 Å². The van der Waals surface area contributed by atoms with Gasteiger partial charge in [-0.05, 0) is 17.7 Å². The minimum Gasteiger partial charge on any atom is -0.476 e. The largest absolute Gasteiger partial charge is 0.476 e. The highest BCUT2D eigenvalue weighted by Gasteiger charge is 2.23. The van der Waals surface area contributed by atoms with Gasteiger partial charge in [0.2, 0.25) is 0 Å². The zero-order chi connectivity index (χ0) is 14.8. The van der Waals surface area contributed by atoms with E-state index in [1.54, 1.807) is 0 Å². The van der Waals surface area contributed by atoms with Crippen LogP contribution in [0.5, 0.6) is 0 Å². The molecule has 2 aromatic carbocycles. The standard InChI is InChI=1S/C16H11ClN2O2/c17-15-13(11-7-3-1-4-8-11)14(16(20)21)18-19(15)12-9-5-2-6-10-12/h1-10H,(H,20,21). The number of halogens is 1. The van der Waals surface area contributed by atoms with Gasteiger partial charge in [-0.15, -0.1) is 0 Å². The lowest BCUT2D eigenvalue weighted by atomic mass is 10.1. The monoisotopic (exact) mass is 298 g/mol. The van der Waals surface area contributed by atoms with Gasteiger partial charge in [0.05, 0.1) is 11.3 Å². The molecule has 3 aromatic rings. The molecule has 0 aliphatic heterocycles. The molecule has 3 rings (SSSR count). The first kappa shape index (κ1) is 13.4. The fraction of sp³-hybridized carbons (Fsp3) is 0. The molecule has 1 heterocycles. The third-order valence-electron chi connectivity index (χ3n) is 3.09. The number of aromatic carboxylic acids is 1. The Morgan fingerprint density at radius 2 is 1.57 bits per heavy atom. The Balaban J connectivity index is 2.25. The number of benzene rings is 2. The summed E-state index contributed by atoms with van der Waals surface area (Å²) in [5, 5.41) is 13.8. The van der Waals surface area contributed by atoms with Gasteiger partial charge in [-0.2, -0.15) is 5.10 Å². The van der Waals surface area contributed by atoms with Crippen molar-refractivity contribution in [2.24, 2.45) is 0 Å². The summed E-state index contributed by atoms with van der Waals surface area (Å²) >= 11 is 6.38. The predicted molar refractivity (Wildman–Crippen MR) is 81.0 cm³/mol. The Labute approximate surface area is 126 Å². The van der Waals surface area contributed by atoms with E-state index >= 15 is 0 Å². The molecule has 0 aliphatic rings. The molecule has 1 N–H and O–H groups in total. The van der Waals surface area contributed by atoms with Gasteiger partial charge < -0.3 is 5.11 Å². The van der Waals surface area contributed by atoms with Crippen molar-refractivity contribution in [3.05, 3.63) is 71.5 Å². The highest BCUT2D eigenvalue weighted by atomic mass is 35.5. The van der Waals surface area contributed by atoms with Crippen LogP contribution in [0.1, 0.15) is 10.5 Å². The minimum absolute atomic E-state index is 0.0601. The molecular weight excluding hydrogens is 288 g/mol. The Hall–Kier alpha value is -2.59. The number of aromatic nitrogens is 2. The van der Waals surface area contributed by atoms with Crippen molar-refractivity contribution in [3.63, 3.8) is 0 Å². The van der Waals surface area contributed by atoms with Gasteiger partial charge in [0.15, 0.2) is 5.69 Å². The van der Waals surface area contributed by atoms with Crippen molar-refractivity contribution in [2.75, 3.05) is 0 Å². The zero-order valence-corrected chi connectivity index (χ0v) is 11.7. The van der Waals surface area contributed by atoms with Crippen LogP contribution in [-0.4, -0.2) is 20.9 Å². The van der Waals surface area contributed by atoms with E-state index in [1.165, 1.54) is 4.68 Å². The van der Waals surface area contributed by atoms with Gasteiger partial charge in [-0.1, -0.05) is 60.1 Å². The molecule has 4 nitrogen and oxygen atoms in total. The summed E-state index contributed by atoms with van der Waals surface area (Å²) in [7, 11) is 0. The third-order valence-corrected chi connectivity index (χ3v) is 3.44. The van der Waals surface area contributed by atoms with Gasteiger partial charge in [0.1, 0.15) is 5.15 Å². The molecule has 1 aromatic heterocycles. The van der Waals surface area contributed by atoms with Crippen molar-refractivity contribution in [1.29, 1.82) is 0 Å². The zero-order valence-electron chi connectivity index (χ0n) is 10.9.